The van der Waals surface area contributed by atoms with Crippen molar-refractivity contribution in [2.75, 3.05) is 11.5 Å². The van der Waals surface area contributed by atoms with Crippen molar-refractivity contribution in [1.29, 1.82) is 0 Å². The van der Waals surface area contributed by atoms with Gasteiger partial charge in [-0.05, 0) is 25.0 Å². The quantitative estimate of drug-likeness (QED) is 0.843. The minimum Gasteiger partial charge on any atom is -0.294 e. The smallest absolute Gasteiger partial charge is 0.163 e. The SMILES string of the molecule is O=C(C1=C(Sc2ccccc2)CS(=O)(=O)C1)C1CCCCC1. The van der Waals surface area contributed by atoms with Gasteiger partial charge in [-0.2, -0.15) is 0 Å². The minimum atomic E-state index is -3.16. The molecular weight excluding hydrogens is 316 g/mol. The number of rotatable bonds is 4. The molecule has 1 aromatic rings. The summed E-state index contributed by atoms with van der Waals surface area (Å²) in [6.45, 7) is 0. The van der Waals surface area contributed by atoms with Gasteiger partial charge >= 0.3 is 0 Å². The van der Waals surface area contributed by atoms with E-state index in [2.05, 4.69) is 0 Å². The monoisotopic (exact) mass is 336 g/mol. The summed E-state index contributed by atoms with van der Waals surface area (Å²) < 4.78 is 24.0. The van der Waals surface area contributed by atoms with Crippen molar-refractivity contribution in [3.8, 4) is 0 Å². The summed E-state index contributed by atoms with van der Waals surface area (Å²) >= 11 is 1.43. The summed E-state index contributed by atoms with van der Waals surface area (Å²) in [4.78, 5) is 14.5. The number of ketones is 1. The molecule has 118 valence electrons. The number of Topliss-reactive ketones (excluding diaryl/α,β-unsaturated/α-hetero) is 1. The van der Waals surface area contributed by atoms with Crippen molar-refractivity contribution in [2.24, 2.45) is 5.92 Å². The molecule has 0 aromatic heterocycles. The van der Waals surface area contributed by atoms with Crippen LogP contribution in [0.5, 0.6) is 0 Å². The number of carbonyl (C=O) groups is 1. The van der Waals surface area contributed by atoms with Crippen molar-refractivity contribution in [2.45, 2.75) is 37.0 Å². The van der Waals surface area contributed by atoms with Crippen LogP contribution in [0.25, 0.3) is 0 Å². The maximum atomic E-state index is 12.8. The Hall–Kier alpha value is -1.07. The number of hydrogen-bond acceptors (Lipinski definition) is 4. The highest BCUT2D eigenvalue weighted by Gasteiger charge is 2.35. The van der Waals surface area contributed by atoms with E-state index in [0.717, 1.165) is 35.5 Å². The molecule has 0 spiro atoms. The van der Waals surface area contributed by atoms with E-state index in [0.29, 0.717) is 5.57 Å². The highest BCUT2D eigenvalue weighted by Crippen LogP contribution is 2.37. The van der Waals surface area contributed by atoms with Gasteiger partial charge in [-0.1, -0.05) is 49.2 Å². The van der Waals surface area contributed by atoms with E-state index < -0.39 is 9.84 Å². The molecule has 0 radical (unpaired) electrons. The Morgan fingerprint density at radius 3 is 2.36 bits per heavy atom. The lowest BCUT2D eigenvalue weighted by Gasteiger charge is -2.21. The average Bonchev–Trinajstić information content (AvgIpc) is 2.83. The van der Waals surface area contributed by atoms with Crippen LogP contribution in [0.3, 0.4) is 0 Å². The van der Waals surface area contributed by atoms with Crippen molar-refractivity contribution < 1.29 is 13.2 Å². The molecule has 1 saturated carbocycles. The Labute approximate surface area is 136 Å². The van der Waals surface area contributed by atoms with Crippen molar-refractivity contribution in [1.82, 2.24) is 0 Å². The van der Waals surface area contributed by atoms with E-state index in [1.807, 2.05) is 30.3 Å². The lowest BCUT2D eigenvalue weighted by atomic mass is 9.84. The third kappa shape index (κ3) is 3.63. The van der Waals surface area contributed by atoms with Gasteiger partial charge in [-0.25, -0.2) is 8.42 Å². The fourth-order valence-electron chi connectivity index (χ4n) is 3.18. The summed E-state index contributed by atoms with van der Waals surface area (Å²) in [6.07, 6.45) is 5.17. The Bertz CT molecular complexity index is 684. The summed E-state index contributed by atoms with van der Waals surface area (Å²) in [6, 6.07) is 9.68. The molecule has 0 bridgehead atoms. The number of thioether (sulfide) groups is 1. The van der Waals surface area contributed by atoms with Crippen LogP contribution in [0.4, 0.5) is 0 Å². The second kappa shape index (κ2) is 6.59. The Morgan fingerprint density at radius 2 is 1.68 bits per heavy atom. The molecule has 0 saturated heterocycles. The number of carbonyl (C=O) groups excluding carboxylic acids is 1. The fraction of sp³-hybridized carbons (Fsp3) is 0.471. The van der Waals surface area contributed by atoms with E-state index in [-0.39, 0.29) is 23.2 Å². The van der Waals surface area contributed by atoms with Crippen LogP contribution < -0.4 is 0 Å². The molecule has 1 fully saturated rings. The molecule has 1 heterocycles. The highest BCUT2D eigenvalue weighted by molar-refractivity contribution is 8.05. The summed E-state index contributed by atoms with van der Waals surface area (Å²) in [7, 11) is -3.16. The number of hydrogen-bond donors (Lipinski definition) is 0. The van der Waals surface area contributed by atoms with Gasteiger partial charge in [0.15, 0.2) is 15.6 Å². The third-order valence-electron chi connectivity index (χ3n) is 4.31. The molecule has 0 atom stereocenters. The van der Waals surface area contributed by atoms with Gasteiger partial charge in [-0.3, -0.25) is 4.79 Å². The van der Waals surface area contributed by atoms with E-state index in [4.69, 9.17) is 0 Å². The van der Waals surface area contributed by atoms with Gasteiger partial charge in [0.2, 0.25) is 0 Å². The van der Waals surface area contributed by atoms with Crippen molar-refractivity contribution >= 4 is 27.4 Å². The maximum absolute atomic E-state index is 12.8. The molecular formula is C17H20O3S2. The van der Waals surface area contributed by atoms with Gasteiger partial charge < -0.3 is 0 Å². The Balaban J connectivity index is 1.85. The molecule has 0 unspecified atom stereocenters. The number of sulfone groups is 1. The first kappa shape index (κ1) is 15.8. The van der Waals surface area contributed by atoms with Crippen LogP contribution in [0, 0.1) is 5.92 Å². The molecule has 22 heavy (non-hydrogen) atoms. The molecule has 5 heteroatoms. The van der Waals surface area contributed by atoms with Crippen LogP contribution in [0.15, 0.2) is 45.7 Å². The average molecular weight is 336 g/mol. The molecule has 1 aliphatic carbocycles. The van der Waals surface area contributed by atoms with Gasteiger partial charge in [0.1, 0.15) is 0 Å². The molecule has 3 nitrogen and oxygen atoms in total. The zero-order chi connectivity index (χ0) is 15.6. The van der Waals surface area contributed by atoms with E-state index >= 15 is 0 Å². The van der Waals surface area contributed by atoms with Crippen LogP contribution in [-0.4, -0.2) is 25.7 Å². The van der Waals surface area contributed by atoms with Crippen LogP contribution >= 0.6 is 11.8 Å². The molecule has 1 aromatic carbocycles. The Morgan fingerprint density at radius 1 is 1.00 bits per heavy atom. The molecule has 0 amide bonds. The highest BCUT2D eigenvalue weighted by atomic mass is 32.2. The first-order valence-electron chi connectivity index (χ1n) is 7.75. The summed E-state index contributed by atoms with van der Waals surface area (Å²) in [5.41, 5.74) is 0.556. The van der Waals surface area contributed by atoms with Crippen LogP contribution in [0.2, 0.25) is 0 Å². The first-order valence-corrected chi connectivity index (χ1v) is 10.4. The lowest BCUT2D eigenvalue weighted by molar-refractivity contribution is -0.120. The van der Waals surface area contributed by atoms with E-state index in [1.165, 1.54) is 18.2 Å². The fourth-order valence-corrected chi connectivity index (χ4v) is 6.35. The largest absolute Gasteiger partial charge is 0.294 e. The topological polar surface area (TPSA) is 51.2 Å². The summed E-state index contributed by atoms with van der Waals surface area (Å²) in [5.74, 6) is 0.0559. The van der Waals surface area contributed by atoms with Gasteiger partial charge in [0, 0.05) is 21.3 Å². The summed E-state index contributed by atoms with van der Waals surface area (Å²) in [5, 5.41) is 0. The van der Waals surface area contributed by atoms with Gasteiger partial charge in [-0.15, -0.1) is 0 Å². The standard InChI is InChI=1S/C17H20O3S2/c18-17(13-7-3-1-4-8-13)15-11-22(19,20)12-16(15)21-14-9-5-2-6-10-14/h2,5-6,9-10,13H,1,3-4,7-8,11-12H2. The van der Waals surface area contributed by atoms with Gasteiger partial charge in [0.25, 0.3) is 0 Å². The second-order valence-electron chi connectivity index (χ2n) is 6.05. The Kier molecular flexibility index (Phi) is 4.73. The van der Waals surface area contributed by atoms with Crippen LogP contribution in [0.1, 0.15) is 32.1 Å². The zero-order valence-electron chi connectivity index (χ0n) is 12.5. The van der Waals surface area contributed by atoms with Crippen molar-refractivity contribution in [3.63, 3.8) is 0 Å². The molecule has 2 aliphatic rings. The molecule has 3 rings (SSSR count). The second-order valence-corrected chi connectivity index (χ2v) is 9.28. The van der Waals surface area contributed by atoms with Gasteiger partial charge in [0.05, 0.1) is 11.5 Å². The van der Waals surface area contributed by atoms with E-state index in [9.17, 15) is 13.2 Å². The van der Waals surface area contributed by atoms with E-state index in [1.54, 1.807) is 0 Å². The third-order valence-corrected chi connectivity index (χ3v) is 7.09. The number of benzene rings is 1. The minimum absolute atomic E-state index is 0.0142. The first-order chi connectivity index (χ1) is 10.6. The molecule has 1 aliphatic heterocycles. The predicted octanol–water partition coefficient (Wildman–Crippen LogP) is 3.61. The normalized spacial score (nSPS) is 22.0. The maximum Gasteiger partial charge on any atom is 0.163 e. The van der Waals surface area contributed by atoms with Crippen LogP contribution in [-0.2, 0) is 14.6 Å². The molecule has 0 N–H and O–H groups in total. The van der Waals surface area contributed by atoms with Crippen molar-refractivity contribution in [3.05, 3.63) is 40.8 Å². The predicted molar refractivity (Wildman–Crippen MR) is 89.6 cm³/mol. The lowest BCUT2D eigenvalue weighted by Crippen LogP contribution is -2.21. The zero-order valence-corrected chi connectivity index (χ0v) is 14.1.